The van der Waals surface area contributed by atoms with Gasteiger partial charge in [0.15, 0.2) is 0 Å². The summed E-state index contributed by atoms with van der Waals surface area (Å²) in [5, 5.41) is 8.00. The number of rotatable bonds is 6. The number of nitrogens with one attached hydrogen (secondary N) is 1. The number of ether oxygens (including phenoxy) is 2. The molecule has 1 N–H and O–H groups in total. The van der Waals surface area contributed by atoms with Crippen molar-refractivity contribution in [3.05, 3.63) is 70.0 Å². The Hall–Kier alpha value is -2.97. The number of morpholine rings is 1. The van der Waals surface area contributed by atoms with E-state index in [1.54, 1.807) is 24.1 Å². The highest BCUT2D eigenvalue weighted by Gasteiger charge is 2.28. The zero-order chi connectivity index (χ0) is 21.8. The fraction of sp³-hybridized carbons (Fsp3) is 0.364. The zero-order valence-corrected chi connectivity index (χ0v) is 18.2. The molecule has 1 atom stereocenters. The van der Waals surface area contributed by atoms with E-state index < -0.39 is 0 Å². The lowest BCUT2D eigenvalue weighted by Crippen LogP contribution is -2.42. The standard InChI is InChI=1S/C22H24ClN5O3/c1-14-17(12-24-15(2)25-14)22(29)28-8-10-31-21(13-28)19-11-16(26-27-19)7-9-30-20-6-4-3-5-18(20)23/h3-6,11-12,21H,7-10,13H2,1-2H3,(H,26,27)/t21-/m1/s1. The van der Waals surface area contributed by atoms with Gasteiger partial charge in [0.05, 0.1) is 41.7 Å². The fourth-order valence-corrected chi connectivity index (χ4v) is 3.67. The van der Waals surface area contributed by atoms with Gasteiger partial charge in [-0.05, 0) is 32.0 Å². The van der Waals surface area contributed by atoms with Gasteiger partial charge in [-0.3, -0.25) is 9.89 Å². The summed E-state index contributed by atoms with van der Waals surface area (Å²) in [5.41, 5.74) is 2.89. The molecule has 0 saturated carbocycles. The SMILES string of the molecule is Cc1ncc(C(=O)N2CCO[C@@H](c3cc(CCOc4ccccc4Cl)[nH]n3)C2)c(C)n1. The summed E-state index contributed by atoms with van der Waals surface area (Å²) in [7, 11) is 0. The molecule has 0 radical (unpaired) electrons. The van der Waals surface area contributed by atoms with Crippen LogP contribution >= 0.6 is 11.6 Å². The maximum atomic E-state index is 13.0. The number of para-hydroxylation sites is 1. The molecule has 8 nitrogen and oxygen atoms in total. The Morgan fingerprint density at radius 1 is 1.35 bits per heavy atom. The van der Waals surface area contributed by atoms with Crippen molar-refractivity contribution < 1.29 is 14.3 Å². The van der Waals surface area contributed by atoms with Crippen LogP contribution in [0.5, 0.6) is 5.75 Å². The molecule has 2 aromatic heterocycles. The Balaban J connectivity index is 1.36. The number of nitrogens with zero attached hydrogens (tertiary/aromatic N) is 4. The van der Waals surface area contributed by atoms with Gasteiger partial charge in [0.2, 0.25) is 0 Å². The van der Waals surface area contributed by atoms with Crippen molar-refractivity contribution in [1.29, 1.82) is 0 Å². The fourth-order valence-electron chi connectivity index (χ4n) is 3.48. The van der Waals surface area contributed by atoms with Crippen LogP contribution in [0.2, 0.25) is 5.02 Å². The highest BCUT2D eigenvalue weighted by atomic mass is 35.5. The number of aryl methyl sites for hydroxylation is 2. The lowest BCUT2D eigenvalue weighted by molar-refractivity contribution is -0.0248. The quantitative estimate of drug-likeness (QED) is 0.630. The summed E-state index contributed by atoms with van der Waals surface area (Å²) in [6.07, 6.45) is 1.95. The highest BCUT2D eigenvalue weighted by Crippen LogP contribution is 2.25. The van der Waals surface area contributed by atoms with Crippen LogP contribution in [0.3, 0.4) is 0 Å². The molecule has 3 aromatic rings. The summed E-state index contributed by atoms with van der Waals surface area (Å²) in [5.74, 6) is 1.22. The number of aromatic nitrogens is 4. The molecule has 1 amide bonds. The van der Waals surface area contributed by atoms with E-state index in [4.69, 9.17) is 21.1 Å². The Morgan fingerprint density at radius 2 is 2.19 bits per heavy atom. The van der Waals surface area contributed by atoms with Crippen molar-refractivity contribution in [3.63, 3.8) is 0 Å². The molecule has 1 aliphatic heterocycles. The number of benzene rings is 1. The molecule has 0 unspecified atom stereocenters. The molecule has 9 heteroatoms. The summed E-state index contributed by atoms with van der Waals surface area (Å²) >= 11 is 6.11. The predicted octanol–water partition coefficient (Wildman–Crippen LogP) is 3.31. The van der Waals surface area contributed by atoms with Crippen LogP contribution < -0.4 is 4.74 Å². The average molecular weight is 442 g/mol. The van der Waals surface area contributed by atoms with Crippen molar-refractivity contribution in [1.82, 2.24) is 25.1 Å². The molecule has 0 aliphatic carbocycles. The van der Waals surface area contributed by atoms with Crippen molar-refractivity contribution in [2.75, 3.05) is 26.3 Å². The molecule has 4 rings (SSSR count). The third-order valence-corrected chi connectivity index (χ3v) is 5.44. The Kier molecular flexibility index (Phi) is 6.48. The topological polar surface area (TPSA) is 93.2 Å². The lowest BCUT2D eigenvalue weighted by atomic mass is 10.1. The molecule has 1 saturated heterocycles. The van der Waals surface area contributed by atoms with E-state index in [0.29, 0.717) is 60.6 Å². The molecular weight excluding hydrogens is 418 g/mol. The van der Waals surface area contributed by atoms with E-state index in [9.17, 15) is 4.79 Å². The first-order chi connectivity index (χ1) is 15.0. The second-order valence-electron chi connectivity index (χ2n) is 7.37. The van der Waals surface area contributed by atoms with Crippen LogP contribution in [0.15, 0.2) is 36.5 Å². The first-order valence-corrected chi connectivity index (χ1v) is 10.5. The zero-order valence-electron chi connectivity index (χ0n) is 17.5. The molecule has 31 heavy (non-hydrogen) atoms. The Morgan fingerprint density at radius 3 is 3.00 bits per heavy atom. The molecular formula is C22H24ClN5O3. The molecule has 1 fully saturated rings. The number of carbonyl (C=O) groups is 1. The van der Waals surface area contributed by atoms with Crippen molar-refractivity contribution in [2.24, 2.45) is 0 Å². The summed E-state index contributed by atoms with van der Waals surface area (Å²) in [4.78, 5) is 23.2. The lowest BCUT2D eigenvalue weighted by Gasteiger charge is -2.32. The number of carbonyl (C=O) groups excluding carboxylic acids is 1. The van der Waals surface area contributed by atoms with E-state index in [-0.39, 0.29) is 12.0 Å². The number of hydrogen-bond donors (Lipinski definition) is 1. The van der Waals surface area contributed by atoms with Crippen LogP contribution in [-0.2, 0) is 11.2 Å². The molecule has 3 heterocycles. The first-order valence-electron chi connectivity index (χ1n) is 10.1. The Labute approximate surface area is 185 Å². The maximum Gasteiger partial charge on any atom is 0.257 e. The van der Waals surface area contributed by atoms with Gasteiger partial charge < -0.3 is 14.4 Å². The third kappa shape index (κ3) is 5.03. The first kappa shape index (κ1) is 21.3. The summed E-state index contributed by atoms with van der Waals surface area (Å²) in [6, 6.07) is 9.33. The molecule has 1 aromatic carbocycles. The third-order valence-electron chi connectivity index (χ3n) is 5.13. The van der Waals surface area contributed by atoms with Crippen LogP contribution in [-0.4, -0.2) is 57.3 Å². The monoisotopic (exact) mass is 441 g/mol. The van der Waals surface area contributed by atoms with Gasteiger partial charge in [-0.1, -0.05) is 23.7 Å². The highest BCUT2D eigenvalue weighted by molar-refractivity contribution is 6.32. The second kappa shape index (κ2) is 9.45. The second-order valence-corrected chi connectivity index (χ2v) is 7.78. The normalized spacial score (nSPS) is 16.4. The van der Waals surface area contributed by atoms with Crippen molar-refractivity contribution in [2.45, 2.75) is 26.4 Å². The minimum atomic E-state index is -0.293. The smallest absolute Gasteiger partial charge is 0.257 e. The molecule has 162 valence electrons. The van der Waals surface area contributed by atoms with E-state index in [0.717, 1.165) is 11.4 Å². The number of H-pyrrole nitrogens is 1. The van der Waals surface area contributed by atoms with Crippen LogP contribution in [0, 0.1) is 13.8 Å². The van der Waals surface area contributed by atoms with Crippen LogP contribution in [0.1, 0.15) is 39.4 Å². The minimum absolute atomic E-state index is 0.0882. The number of aromatic amines is 1. The number of halogens is 1. The molecule has 0 spiro atoms. The van der Waals surface area contributed by atoms with Gasteiger partial charge >= 0.3 is 0 Å². The average Bonchev–Trinajstić information content (AvgIpc) is 3.24. The molecule has 1 aliphatic rings. The van der Waals surface area contributed by atoms with Gasteiger partial charge in [-0.25, -0.2) is 9.97 Å². The van der Waals surface area contributed by atoms with Gasteiger partial charge in [0, 0.05) is 24.9 Å². The largest absolute Gasteiger partial charge is 0.492 e. The van der Waals surface area contributed by atoms with E-state index in [1.807, 2.05) is 31.2 Å². The van der Waals surface area contributed by atoms with E-state index in [2.05, 4.69) is 20.2 Å². The molecule has 0 bridgehead atoms. The van der Waals surface area contributed by atoms with Crippen LogP contribution in [0.4, 0.5) is 0 Å². The number of amides is 1. The van der Waals surface area contributed by atoms with Crippen molar-refractivity contribution in [3.8, 4) is 5.75 Å². The maximum absolute atomic E-state index is 13.0. The van der Waals surface area contributed by atoms with Crippen molar-refractivity contribution >= 4 is 17.5 Å². The van der Waals surface area contributed by atoms with Gasteiger partial charge in [0.1, 0.15) is 17.7 Å². The predicted molar refractivity (Wildman–Crippen MR) is 115 cm³/mol. The van der Waals surface area contributed by atoms with E-state index in [1.165, 1.54) is 0 Å². The summed E-state index contributed by atoms with van der Waals surface area (Å²) < 4.78 is 11.6. The van der Waals surface area contributed by atoms with Gasteiger partial charge in [0.25, 0.3) is 5.91 Å². The van der Waals surface area contributed by atoms with Gasteiger partial charge in [-0.2, -0.15) is 5.10 Å². The van der Waals surface area contributed by atoms with E-state index >= 15 is 0 Å². The number of hydrogen-bond acceptors (Lipinski definition) is 6. The minimum Gasteiger partial charge on any atom is -0.492 e. The Bertz CT molecular complexity index is 1070. The van der Waals surface area contributed by atoms with Crippen LogP contribution in [0.25, 0.3) is 0 Å². The summed E-state index contributed by atoms with van der Waals surface area (Å²) in [6.45, 7) is 5.48. The van der Waals surface area contributed by atoms with Gasteiger partial charge in [-0.15, -0.1) is 0 Å².